The summed E-state index contributed by atoms with van der Waals surface area (Å²) in [4.78, 5) is 12.2. The molecule has 6 nitrogen and oxygen atoms in total. The zero-order valence-electron chi connectivity index (χ0n) is 13.9. The Kier molecular flexibility index (Phi) is 5.79. The molecule has 0 unspecified atom stereocenters. The SMILES string of the molecule is CCCc1ccc(NC(=O)CSc2nnnn2-c2ccccc2)cc1. The normalized spacial score (nSPS) is 10.6. The van der Waals surface area contributed by atoms with E-state index in [1.54, 1.807) is 4.68 Å². The Hall–Kier alpha value is -2.67. The summed E-state index contributed by atoms with van der Waals surface area (Å²) >= 11 is 1.30. The van der Waals surface area contributed by atoms with Crippen LogP contribution in [0.3, 0.4) is 0 Å². The smallest absolute Gasteiger partial charge is 0.234 e. The van der Waals surface area contributed by atoms with Gasteiger partial charge in [-0.25, -0.2) is 0 Å². The maximum atomic E-state index is 12.2. The van der Waals surface area contributed by atoms with Gasteiger partial charge >= 0.3 is 0 Å². The number of para-hydroxylation sites is 1. The molecular weight excluding hydrogens is 334 g/mol. The van der Waals surface area contributed by atoms with Crippen LogP contribution in [-0.2, 0) is 11.2 Å². The van der Waals surface area contributed by atoms with Crippen LogP contribution in [-0.4, -0.2) is 31.9 Å². The number of benzene rings is 2. The highest BCUT2D eigenvalue weighted by molar-refractivity contribution is 7.99. The maximum Gasteiger partial charge on any atom is 0.234 e. The van der Waals surface area contributed by atoms with E-state index in [2.05, 4.69) is 27.8 Å². The number of nitrogens with zero attached hydrogens (tertiary/aromatic N) is 4. The van der Waals surface area contributed by atoms with Crippen molar-refractivity contribution in [3.05, 3.63) is 60.2 Å². The molecule has 1 heterocycles. The van der Waals surface area contributed by atoms with Crippen molar-refractivity contribution in [1.29, 1.82) is 0 Å². The lowest BCUT2D eigenvalue weighted by molar-refractivity contribution is -0.113. The standard InChI is InChI=1S/C18H19N5OS/c1-2-6-14-9-11-15(12-10-14)19-17(24)13-25-18-20-21-22-23(18)16-7-4-3-5-8-16/h3-5,7-12H,2,6,13H2,1H3,(H,19,24). The summed E-state index contributed by atoms with van der Waals surface area (Å²) in [5, 5.41) is 15.1. The van der Waals surface area contributed by atoms with Gasteiger partial charge in [0.25, 0.3) is 0 Å². The first-order valence-electron chi connectivity index (χ1n) is 8.11. The summed E-state index contributed by atoms with van der Waals surface area (Å²) < 4.78 is 1.62. The molecule has 0 aliphatic carbocycles. The molecule has 128 valence electrons. The number of aryl methyl sites for hydroxylation is 1. The number of carbonyl (C=O) groups excluding carboxylic acids is 1. The Morgan fingerprint density at radius 1 is 1.12 bits per heavy atom. The average molecular weight is 353 g/mol. The average Bonchev–Trinajstić information content (AvgIpc) is 3.11. The van der Waals surface area contributed by atoms with Crippen LogP contribution >= 0.6 is 11.8 Å². The molecule has 0 saturated carbocycles. The highest BCUT2D eigenvalue weighted by atomic mass is 32.2. The number of nitrogens with one attached hydrogen (secondary N) is 1. The zero-order chi connectivity index (χ0) is 17.5. The van der Waals surface area contributed by atoms with E-state index >= 15 is 0 Å². The third-order valence-electron chi connectivity index (χ3n) is 3.55. The molecule has 0 aliphatic rings. The van der Waals surface area contributed by atoms with Gasteiger partial charge in [0.2, 0.25) is 11.1 Å². The number of carbonyl (C=O) groups is 1. The van der Waals surface area contributed by atoms with Crippen LogP contribution in [0.25, 0.3) is 5.69 Å². The Labute approximate surface area is 150 Å². The number of tetrazole rings is 1. The number of rotatable bonds is 7. The van der Waals surface area contributed by atoms with Gasteiger partial charge in [0.1, 0.15) is 0 Å². The van der Waals surface area contributed by atoms with Crippen molar-refractivity contribution in [2.24, 2.45) is 0 Å². The Balaban J connectivity index is 1.57. The molecule has 1 N–H and O–H groups in total. The van der Waals surface area contributed by atoms with Gasteiger partial charge < -0.3 is 5.32 Å². The van der Waals surface area contributed by atoms with Gasteiger partial charge in [0.15, 0.2) is 0 Å². The molecule has 0 aliphatic heterocycles. The first-order valence-corrected chi connectivity index (χ1v) is 9.10. The van der Waals surface area contributed by atoms with Crippen molar-refractivity contribution in [2.75, 3.05) is 11.1 Å². The minimum absolute atomic E-state index is 0.0872. The fourth-order valence-corrected chi connectivity index (χ4v) is 3.06. The van der Waals surface area contributed by atoms with Crippen molar-refractivity contribution in [1.82, 2.24) is 20.2 Å². The molecule has 25 heavy (non-hydrogen) atoms. The molecule has 7 heteroatoms. The topological polar surface area (TPSA) is 72.7 Å². The van der Waals surface area contributed by atoms with Crippen LogP contribution in [0.4, 0.5) is 5.69 Å². The van der Waals surface area contributed by atoms with E-state index in [4.69, 9.17) is 0 Å². The van der Waals surface area contributed by atoms with E-state index in [0.29, 0.717) is 5.16 Å². The van der Waals surface area contributed by atoms with Crippen LogP contribution in [0.5, 0.6) is 0 Å². The maximum absolute atomic E-state index is 12.2. The monoisotopic (exact) mass is 353 g/mol. The van der Waals surface area contributed by atoms with Crippen LogP contribution in [0.2, 0.25) is 0 Å². The Morgan fingerprint density at radius 3 is 2.60 bits per heavy atom. The van der Waals surface area contributed by atoms with E-state index in [-0.39, 0.29) is 11.7 Å². The van der Waals surface area contributed by atoms with E-state index in [1.165, 1.54) is 17.3 Å². The van der Waals surface area contributed by atoms with E-state index < -0.39 is 0 Å². The first-order chi connectivity index (χ1) is 12.3. The lowest BCUT2D eigenvalue weighted by Gasteiger charge is -2.06. The minimum atomic E-state index is -0.0872. The first kappa shape index (κ1) is 17.2. The summed E-state index contributed by atoms with van der Waals surface area (Å²) in [5.41, 5.74) is 2.94. The number of amides is 1. The summed E-state index contributed by atoms with van der Waals surface area (Å²) in [5.74, 6) is 0.153. The van der Waals surface area contributed by atoms with Gasteiger partial charge in [-0.15, -0.1) is 5.10 Å². The van der Waals surface area contributed by atoms with Crippen molar-refractivity contribution in [3.8, 4) is 5.69 Å². The second-order valence-electron chi connectivity index (χ2n) is 5.49. The van der Waals surface area contributed by atoms with E-state index in [9.17, 15) is 4.79 Å². The van der Waals surface area contributed by atoms with Crippen LogP contribution in [0.1, 0.15) is 18.9 Å². The fraction of sp³-hybridized carbons (Fsp3) is 0.222. The third kappa shape index (κ3) is 4.67. The molecule has 0 atom stereocenters. The predicted octanol–water partition coefficient (Wildman–Crippen LogP) is 3.35. The molecule has 0 radical (unpaired) electrons. The van der Waals surface area contributed by atoms with Crippen LogP contribution < -0.4 is 5.32 Å². The molecule has 0 bridgehead atoms. The quantitative estimate of drug-likeness (QED) is 0.660. The van der Waals surface area contributed by atoms with Gasteiger partial charge in [-0.3, -0.25) is 4.79 Å². The van der Waals surface area contributed by atoms with Crippen LogP contribution in [0, 0.1) is 0 Å². The molecule has 0 spiro atoms. The van der Waals surface area contributed by atoms with Gasteiger partial charge in [-0.2, -0.15) is 4.68 Å². The highest BCUT2D eigenvalue weighted by Gasteiger charge is 2.11. The number of hydrogen-bond acceptors (Lipinski definition) is 5. The molecule has 0 saturated heterocycles. The summed E-state index contributed by atoms with van der Waals surface area (Å²) in [7, 11) is 0. The molecule has 1 amide bonds. The van der Waals surface area contributed by atoms with Crippen molar-refractivity contribution < 1.29 is 4.79 Å². The third-order valence-corrected chi connectivity index (χ3v) is 4.47. The van der Waals surface area contributed by atoms with Crippen molar-refractivity contribution >= 4 is 23.4 Å². The molecule has 2 aromatic carbocycles. The number of anilines is 1. The van der Waals surface area contributed by atoms with Crippen molar-refractivity contribution in [2.45, 2.75) is 24.9 Å². The summed E-state index contributed by atoms with van der Waals surface area (Å²) in [6.07, 6.45) is 2.16. The van der Waals surface area contributed by atoms with E-state index in [1.807, 2.05) is 54.6 Å². The summed E-state index contributed by atoms with van der Waals surface area (Å²) in [6, 6.07) is 17.5. The largest absolute Gasteiger partial charge is 0.325 e. The zero-order valence-corrected chi connectivity index (χ0v) is 14.7. The van der Waals surface area contributed by atoms with Crippen LogP contribution in [0.15, 0.2) is 59.8 Å². The highest BCUT2D eigenvalue weighted by Crippen LogP contribution is 2.18. The lowest BCUT2D eigenvalue weighted by Crippen LogP contribution is -2.14. The van der Waals surface area contributed by atoms with Crippen molar-refractivity contribution in [3.63, 3.8) is 0 Å². The second kappa shape index (κ2) is 8.43. The predicted molar refractivity (Wildman–Crippen MR) is 98.9 cm³/mol. The number of aromatic nitrogens is 4. The molecular formula is C18H19N5OS. The number of thioether (sulfide) groups is 1. The van der Waals surface area contributed by atoms with Gasteiger partial charge in [0, 0.05) is 5.69 Å². The molecule has 3 aromatic rings. The molecule has 1 aromatic heterocycles. The molecule has 3 rings (SSSR count). The summed E-state index contributed by atoms with van der Waals surface area (Å²) in [6.45, 7) is 2.15. The fourth-order valence-electron chi connectivity index (χ4n) is 2.37. The number of hydrogen-bond donors (Lipinski definition) is 1. The second-order valence-corrected chi connectivity index (χ2v) is 6.44. The Morgan fingerprint density at radius 2 is 1.88 bits per heavy atom. The minimum Gasteiger partial charge on any atom is -0.325 e. The lowest BCUT2D eigenvalue weighted by atomic mass is 10.1. The van der Waals surface area contributed by atoms with Gasteiger partial charge in [-0.05, 0) is 46.7 Å². The molecule has 0 fully saturated rings. The van der Waals surface area contributed by atoms with E-state index in [0.717, 1.165) is 24.2 Å². The Bertz CT molecular complexity index is 817. The van der Waals surface area contributed by atoms with Gasteiger partial charge in [0.05, 0.1) is 11.4 Å². The van der Waals surface area contributed by atoms with Gasteiger partial charge in [-0.1, -0.05) is 55.4 Å².